The molecule has 5 rings (SSSR count). The molecule has 0 saturated carbocycles. The Hall–Kier alpha value is -3.84. The van der Waals surface area contributed by atoms with Crippen molar-refractivity contribution in [2.45, 2.75) is 26.9 Å². The maximum atomic E-state index is 12.6. The summed E-state index contributed by atoms with van der Waals surface area (Å²) in [5.41, 5.74) is 5.97. The third-order valence-electron chi connectivity index (χ3n) is 5.45. The molecule has 6 nitrogen and oxygen atoms in total. The predicted molar refractivity (Wildman–Crippen MR) is 129 cm³/mol. The molecule has 0 spiro atoms. The molecule has 0 bridgehead atoms. The number of hydrogen-bond donors (Lipinski definition) is 0. The summed E-state index contributed by atoms with van der Waals surface area (Å²) < 4.78 is 5.86. The van der Waals surface area contributed by atoms with Gasteiger partial charge in [0.15, 0.2) is 12.4 Å². The highest BCUT2D eigenvalue weighted by Gasteiger charge is 2.18. The maximum absolute atomic E-state index is 12.6. The minimum Gasteiger partial charge on any atom is -0.286 e. The summed E-state index contributed by atoms with van der Waals surface area (Å²) in [4.78, 5) is 13.4. The van der Waals surface area contributed by atoms with E-state index in [0.717, 1.165) is 38.9 Å². The van der Waals surface area contributed by atoms with E-state index in [-0.39, 0.29) is 5.78 Å². The number of ketones is 1. The van der Waals surface area contributed by atoms with Gasteiger partial charge in [0.2, 0.25) is 12.3 Å². The largest absolute Gasteiger partial charge is 0.286 e. The van der Waals surface area contributed by atoms with Crippen LogP contribution in [0, 0.1) is 13.8 Å². The molecule has 0 aliphatic carbocycles. The van der Waals surface area contributed by atoms with Gasteiger partial charge in [-0.3, -0.25) is 9.48 Å². The van der Waals surface area contributed by atoms with Crippen LogP contribution in [-0.4, -0.2) is 25.3 Å². The van der Waals surface area contributed by atoms with Crippen LogP contribution in [0.3, 0.4) is 0 Å². The summed E-state index contributed by atoms with van der Waals surface area (Å²) >= 11 is 1.47. The van der Waals surface area contributed by atoms with Crippen LogP contribution in [0.5, 0.6) is 0 Å². The molecule has 0 fully saturated rings. The first-order valence-corrected chi connectivity index (χ1v) is 11.7. The SMILES string of the molecule is Cc1cc(C)n(Cc2cc(-c3ccc[n+](CC(=O)c4cccs4)c3)n(-c3ccccc3)n2)n1. The summed E-state index contributed by atoms with van der Waals surface area (Å²) in [5, 5.41) is 11.4. The Morgan fingerprint density at radius 2 is 1.85 bits per heavy atom. The van der Waals surface area contributed by atoms with Gasteiger partial charge in [-0.25, -0.2) is 4.68 Å². The lowest BCUT2D eigenvalue weighted by Gasteiger charge is -2.07. The van der Waals surface area contributed by atoms with E-state index in [4.69, 9.17) is 5.10 Å². The smallest absolute Gasteiger partial charge is 0.237 e. The third kappa shape index (κ3) is 4.54. The van der Waals surface area contributed by atoms with Gasteiger partial charge >= 0.3 is 0 Å². The molecular formula is C26H24N5OS+. The van der Waals surface area contributed by atoms with E-state index in [2.05, 4.69) is 30.2 Å². The number of thiophene rings is 1. The van der Waals surface area contributed by atoms with Gasteiger partial charge in [0.25, 0.3) is 0 Å². The Balaban J connectivity index is 1.52. The Morgan fingerprint density at radius 1 is 1.00 bits per heavy atom. The first kappa shape index (κ1) is 21.0. The first-order chi connectivity index (χ1) is 16.1. The van der Waals surface area contributed by atoms with Gasteiger partial charge in [-0.05, 0) is 55.6 Å². The van der Waals surface area contributed by atoms with Crippen molar-refractivity contribution in [3.63, 3.8) is 0 Å². The highest BCUT2D eigenvalue weighted by Crippen LogP contribution is 2.24. The Labute approximate surface area is 196 Å². The highest BCUT2D eigenvalue weighted by molar-refractivity contribution is 7.12. The molecule has 5 aromatic rings. The Bertz CT molecular complexity index is 1400. The van der Waals surface area contributed by atoms with E-state index in [1.54, 1.807) is 0 Å². The van der Waals surface area contributed by atoms with E-state index < -0.39 is 0 Å². The molecule has 0 N–H and O–H groups in total. The van der Waals surface area contributed by atoms with E-state index in [1.165, 1.54) is 11.3 Å². The molecule has 0 unspecified atom stereocenters. The molecule has 0 aliphatic heterocycles. The fraction of sp³-hybridized carbons (Fsp3) is 0.154. The standard InChI is InChI=1S/C26H24N5OS/c1-19-14-20(2)30(27-19)17-22-15-24(31(28-22)23-9-4-3-5-10-23)21-8-6-12-29(16-21)18-25(32)26-11-7-13-33-26/h3-16H,17-18H2,1-2H3/q+1. The topological polar surface area (TPSA) is 56.6 Å². The molecule has 4 heterocycles. The summed E-state index contributed by atoms with van der Waals surface area (Å²) in [6.45, 7) is 4.94. The van der Waals surface area contributed by atoms with Crippen LogP contribution in [-0.2, 0) is 13.1 Å². The van der Waals surface area contributed by atoms with Crippen molar-refractivity contribution in [1.82, 2.24) is 19.6 Å². The fourth-order valence-electron chi connectivity index (χ4n) is 3.92. The van der Waals surface area contributed by atoms with Crippen LogP contribution in [0.15, 0.2) is 84.5 Å². The molecule has 0 atom stereocenters. The van der Waals surface area contributed by atoms with Crippen LogP contribution in [0.1, 0.15) is 26.8 Å². The Morgan fingerprint density at radius 3 is 2.58 bits per heavy atom. The molecule has 7 heteroatoms. The average Bonchev–Trinajstić information content (AvgIpc) is 3.56. The fourth-order valence-corrected chi connectivity index (χ4v) is 4.58. The molecule has 4 aromatic heterocycles. The van der Waals surface area contributed by atoms with Crippen molar-refractivity contribution in [3.05, 3.63) is 106 Å². The lowest BCUT2D eigenvalue weighted by atomic mass is 10.2. The second kappa shape index (κ2) is 8.96. The van der Waals surface area contributed by atoms with Gasteiger partial charge in [0, 0.05) is 11.8 Å². The van der Waals surface area contributed by atoms with E-state index >= 15 is 0 Å². The summed E-state index contributed by atoms with van der Waals surface area (Å²) in [6.07, 6.45) is 3.93. The average molecular weight is 455 g/mol. The van der Waals surface area contributed by atoms with Crippen molar-refractivity contribution < 1.29 is 9.36 Å². The summed E-state index contributed by atoms with van der Waals surface area (Å²) in [7, 11) is 0. The number of hydrogen-bond acceptors (Lipinski definition) is 4. The van der Waals surface area contributed by atoms with Crippen LogP contribution >= 0.6 is 11.3 Å². The van der Waals surface area contributed by atoms with E-state index in [9.17, 15) is 4.79 Å². The van der Waals surface area contributed by atoms with Crippen molar-refractivity contribution in [2.75, 3.05) is 0 Å². The second-order valence-corrected chi connectivity index (χ2v) is 8.97. The molecule has 0 radical (unpaired) electrons. The van der Waals surface area contributed by atoms with Crippen LogP contribution in [0.25, 0.3) is 16.9 Å². The van der Waals surface area contributed by atoms with Gasteiger partial charge in [-0.1, -0.05) is 24.3 Å². The van der Waals surface area contributed by atoms with Gasteiger partial charge in [-0.2, -0.15) is 14.8 Å². The van der Waals surface area contributed by atoms with Crippen molar-refractivity contribution in [3.8, 4) is 16.9 Å². The number of pyridine rings is 1. The summed E-state index contributed by atoms with van der Waals surface area (Å²) in [5.74, 6) is 0.105. The van der Waals surface area contributed by atoms with Crippen molar-refractivity contribution in [1.29, 1.82) is 0 Å². The highest BCUT2D eigenvalue weighted by atomic mass is 32.1. The quantitative estimate of drug-likeness (QED) is 0.266. The van der Waals surface area contributed by atoms with Gasteiger partial charge < -0.3 is 0 Å². The number of benzene rings is 1. The van der Waals surface area contributed by atoms with Gasteiger partial charge in [0.1, 0.15) is 0 Å². The lowest BCUT2D eigenvalue weighted by Crippen LogP contribution is -2.37. The monoisotopic (exact) mass is 454 g/mol. The lowest BCUT2D eigenvalue weighted by molar-refractivity contribution is -0.682. The number of nitrogens with zero attached hydrogens (tertiary/aromatic N) is 5. The van der Waals surface area contributed by atoms with Crippen LogP contribution in [0.4, 0.5) is 0 Å². The number of carbonyl (C=O) groups is 1. The molecular weight excluding hydrogens is 430 g/mol. The zero-order valence-electron chi connectivity index (χ0n) is 18.5. The number of aromatic nitrogens is 5. The number of rotatable bonds is 7. The van der Waals surface area contributed by atoms with Gasteiger partial charge in [0.05, 0.1) is 39.8 Å². The first-order valence-electron chi connectivity index (χ1n) is 10.8. The van der Waals surface area contributed by atoms with E-state index in [0.29, 0.717) is 13.1 Å². The number of Topliss-reactive ketones (excluding diaryl/α,β-unsaturated/α-hetero) is 1. The molecule has 164 valence electrons. The van der Waals surface area contributed by atoms with Crippen LogP contribution in [0.2, 0.25) is 0 Å². The normalized spacial score (nSPS) is 11.1. The predicted octanol–water partition coefficient (Wildman–Crippen LogP) is 4.63. The maximum Gasteiger partial charge on any atom is 0.237 e. The summed E-state index contributed by atoms with van der Waals surface area (Å²) in [6, 6.07) is 22.1. The number of para-hydroxylation sites is 1. The van der Waals surface area contributed by atoms with Crippen LogP contribution < -0.4 is 4.57 Å². The zero-order valence-corrected chi connectivity index (χ0v) is 19.4. The zero-order chi connectivity index (χ0) is 22.8. The molecule has 0 amide bonds. The van der Waals surface area contributed by atoms with Gasteiger partial charge in [-0.15, -0.1) is 11.3 Å². The van der Waals surface area contributed by atoms with E-state index in [1.807, 2.05) is 87.2 Å². The number of carbonyl (C=O) groups excluding carboxylic acids is 1. The number of aryl methyl sites for hydroxylation is 2. The molecule has 0 saturated heterocycles. The van der Waals surface area contributed by atoms with Crippen molar-refractivity contribution >= 4 is 17.1 Å². The molecule has 33 heavy (non-hydrogen) atoms. The Kier molecular flexibility index (Phi) is 5.71. The molecule has 1 aromatic carbocycles. The minimum atomic E-state index is 0.105. The second-order valence-electron chi connectivity index (χ2n) is 8.02. The van der Waals surface area contributed by atoms with Crippen molar-refractivity contribution in [2.24, 2.45) is 0 Å². The third-order valence-corrected chi connectivity index (χ3v) is 6.36. The molecule has 0 aliphatic rings. The minimum absolute atomic E-state index is 0.105.